The summed E-state index contributed by atoms with van der Waals surface area (Å²) in [5, 5.41) is 8.58. The number of hydrogen-bond donors (Lipinski definition) is 2. The third-order valence-electron chi connectivity index (χ3n) is 4.57. The molecule has 2 aromatic carbocycles. The van der Waals surface area contributed by atoms with Crippen molar-refractivity contribution in [1.29, 1.82) is 0 Å². The van der Waals surface area contributed by atoms with Gasteiger partial charge in [-0.1, -0.05) is 6.07 Å². The first-order valence-corrected chi connectivity index (χ1v) is 8.80. The second-order valence-electron chi connectivity index (χ2n) is 6.45. The zero-order valence-corrected chi connectivity index (χ0v) is 15.5. The molecular formula is C21H19FN4O2. The van der Waals surface area contributed by atoms with E-state index in [-0.39, 0.29) is 11.4 Å². The lowest BCUT2D eigenvalue weighted by atomic mass is 10.2. The van der Waals surface area contributed by atoms with Crippen LogP contribution >= 0.6 is 0 Å². The zero-order chi connectivity index (χ0) is 19.7. The molecule has 2 heterocycles. The molecule has 0 atom stereocenters. The Morgan fingerprint density at radius 3 is 2.71 bits per heavy atom. The molecule has 0 aliphatic rings. The molecule has 0 aliphatic heterocycles. The Kier molecular flexibility index (Phi) is 4.57. The van der Waals surface area contributed by atoms with Crippen molar-refractivity contribution in [3.05, 3.63) is 82.0 Å². The predicted octanol–water partition coefficient (Wildman–Crippen LogP) is 3.78. The summed E-state index contributed by atoms with van der Waals surface area (Å²) in [6, 6.07) is 15.3. The average Bonchev–Trinajstić information content (AvgIpc) is 3.02. The second kappa shape index (κ2) is 7.19. The van der Waals surface area contributed by atoms with Gasteiger partial charge in [-0.15, -0.1) is 0 Å². The fourth-order valence-electron chi connectivity index (χ4n) is 3.09. The number of aromatic nitrogens is 3. The minimum absolute atomic E-state index is 0.203. The van der Waals surface area contributed by atoms with Crippen LogP contribution in [0.15, 0.2) is 59.4 Å². The van der Waals surface area contributed by atoms with Crippen LogP contribution in [0.4, 0.5) is 10.1 Å². The maximum Gasteiger partial charge on any atom is 0.254 e. The highest BCUT2D eigenvalue weighted by atomic mass is 19.1. The standard InChI is InChI=1S/C21H19FN4O2/c1-13-19-10-14(12-23-16-4-3-5-18(11-16)28-2)21(27)24-20(19)26(25-13)17-8-6-15(22)7-9-17/h3-11,23H,12H2,1-2H3,(H,24,27). The van der Waals surface area contributed by atoms with E-state index in [1.807, 2.05) is 37.3 Å². The molecule has 0 saturated heterocycles. The number of nitrogens with zero attached hydrogens (tertiary/aromatic N) is 2. The number of aryl methyl sites for hydroxylation is 1. The minimum atomic E-state index is -0.323. The first-order chi connectivity index (χ1) is 13.5. The molecule has 4 aromatic rings. The fraction of sp³-hybridized carbons (Fsp3) is 0.143. The minimum Gasteiger partial charge on any atom is -0.497 e. The van der Waals surface area contributed by atoms with Crippen LogP contribution in [0.1, 0.15) is 11.3 Å². The molecule has 0 amide bonds. The molecule has 28 heavy (non-hydrogen) atoms. The molecule has 0 saturated carbocycles. The van der Waals surface area contributed by atoms with E-state index in [9.17, 15) is 9.18 Å². The molecule has 0 bridgehead atoms. The van der Waals surface area contributed by atoms with Gasteiger partial charge in [0, 0.05) is 29.2 Å². The Hall–Kier alpha value is -3.61. The molecule has 0 aliphatic carbocycles. The van der Waals surface area contributed by atoms with Crippen molar-refractivity contribution in [2.45, 2.75) is 13.5 Å². The molecule has 0 unspecified atom stereocenters. The van der Waals surface area contributed by atoms with Gasteiger partial charge in [0.05, 0.1) is 18.5 Å². The molecule has 2 N–H and O–H groups in total. The number of aromatic amines is 1. The molecule has 2 aromatic heterocycles. The SMILES string of the molecule is COc1cccc(NCc2cc3c(C)nn(-c4ccc(F)cc4)c3[nH]c2=O)c1. The molecular weight excluding hydrogens is 359 g/mol. The zero-order valence-electron chi connectivity index (χ0n) is 15.5. The first-order valence-electron chi connectivity index (χ1n) is 8.80. The molecule has 7 heteroatoms. The lowest BCUT2D eigenvalue weighted by Crippen LogP contribution is -2.16. The number of benzene rings is 2. The molecule has 0 spiro atoms. The van der Waals surface area contributed by atoms with Crippen LogP contribution in [0.25, 0.3) is 16.7 Å². The summed E-state index contributed by atoms with van der Waals surface area (Å²) in [7, 11) is 1.61. The van der Waals surface area contributed by atoms with Crippen LogP contribution in [-0.2, 0) is 6.54 Å². The third kappa shape index (κ3) is 3.34. The molecule has 142 valence electrons. The number of methoxy groups -OCH3 is 1. The van der Waals surface area contributed by atoms with Crippen LogP contribution in [0.5, 0.6) is 5.75 Å². The van der Waals surface area contributed by atoms with E-state index < -0.39 is 0 Å². The maximum absolute atomic E-state index is 13.2. The van der Waals surface area contributed by atoms with Crippen LogP contribution < -0.4 is 15.6 Å². The summed E-state index contributed by atoms with van der Waals surface area (Å²) in [6.45, 7) is 2.24. The van der Waals surface area contributed by atoms with Crippen molar-refractivity contribution in [3.8, 4) is 11.4 Å². The van der Waals surface area contributed by atoms with E-state index >= 15 is 0 Å². The van der Waals surface area contributed by atoms with Crippen molar-refractivity contribution in [1.82, 2.24) is 14.8 Å². The van der Waals surface area contributed by atoms with Gasteiger partial charge in [-0.05, 0) is 49.4 Å². The van der Waals surface area contributed by atoms with Gasteiger partial charge in [0.15, 0.2) is 0 Å². The van der Waals surface area contributed by atoms with Gasteiger partial charge in [0.1, 0.15) is 17.2 Å². The summed E-state index contributed by atoms with van der Waals surface area (Å²) < 4.78 is 20.0. The number of anilines is 1. The summed E-state index contributed by atoms with van der Waals surface area (Å²) in [4.78, 5) is 15.5. The van der Waals surface area contributed by atoms with E-state index in [4.69, 9.17) is 4.74 Å². The van der Waals surface area contributed by atoms with Crippen molar-refractivity contribution >= 4 is 16.7 Å². The normalized spacial score (nSPS) is 11.0. The van der Waals surface area contributed by atoms with E-state index in [2.05, 4.69) is 15.4 Å². The number of halogens is 1. The van der Waals surface area contributed by atoms with Crippen LogP contribution in [0.2, 0.25) is 0 Å². The van der Waals surface area contributed by atoms with Gasteiger partial charge in [0.25, 0.3) is 5.56 Å². The number of rotatable bonds is 5. The van der Waals surface area contributed by atoms with Crippen LogP contribution in [0.3, 0.4) is 0 Å². The lowest BCUT2D eigenvalue weighted by molar-refractivity contribution is 0.415. The molecule has 0 radical (unpaired) electrons. The Bertz CT molecular complexity index is 1200. The summed E-state index contributed by atoms with van der Waals surface area (Å²) in [6.07, 6.45) is 0. The molecule has 6 nitrogen and oxygen atoms in total. The Labute approximate surface area is 160 Å². The van der Waals surface area contributed by atoms with Gasteiger partial charge in [-0.2, -0.15) is 5.10 Å². The topological polar surface area (TPSA) is 71.9 Å². The van der Waals surface area contributed by atoms with Crippen LogP contribution in [0, 0.1) is 12.7 Å². The first kappa shape index (κ1) is 17.8. The highest BCUT2D eigenvalue weighted by molar-refractivity contribution is 5.80. The van der Waals surface area contributed by atoms with E-state index in [0.29, 0.717) is 23.4 Å². The lowest BCUT2D eigenvalue weighted by Gasteiger charge is -2.08. The number of fused-ring (bicyclic) bond motifs is 1. The van der Waals surface area contributed by atoms with E-state index in [1.54, 1.807) is 23.9 Å². The molecule has 4 rings (SSSR count). The van der Waals surface area contributed by atoms with Gasteiger partial charge in [-0.25, -0.2) is 9.07 Å². The molecule has 0 fully saturated rings. The highest BCUT2D eigenvalue weighted by Gasteiger charge is 2.13. The van der Waals surface area contributed by atoms with Gasteiger partial charge in [0.2, 0.25) is 0 Å². The van der Waals surface area contributed by atoms with Gasteiger partial charge in [-0.3, -0.25) is 4.79 Å². The smallest absolute Gasteiger partial charge is 0.254 e. The number of pyridine rings is 1. The van der Waals surface area contributed by atoms with Crippen molar-refractivity contribution < 1.29 is 9.13 Å². The van der Waals surface area contributed by atoms with Crippen molar-refractivity contribution in [2.75, 3.05) is 12.4 Å². The number of H-pyrrole nitrogens is 1. The number of nitrogens with one attached hydrogen (secondary N) is 2. The van der Waals surface area contributed by atoms with E-state index in [1.165, 1.54) is 12.1 Å². The summed E-state index contributed by atoms with van der Waals surface area (Å²) in [5.41, 5.74) is 3.29. The number of ether oxygens (including phenoxy) is 1. The largest absolute Gasteiger partial charge is 0.497 e. The van der Waals surface area contributed by atoms with E-state index in [0.717, 1.165) is 22.5 Å². The van der Waals surface area contributed by atoms with Crippen LogP contribution in [-0.4, -0.2) is 21.9 Å². The number of hydrogen-bond acceptors (Lipinski definition) is 4. The Morgan fingerprint density at radius 1 is 1.18 bits per heavy atom. The monoisotopic (exact) mass is 378 g/mol. The van der Waals surface area contributed by atoms with Crippen molar-refractivity contribution in [3.63, 3.8) is 0 Å². The summed E-state index contributed by atoms with van der Waals surface area (Å²) in [5.74, 6) is 0.419. The average molecular weight is 378 g/mol. The van der Waals surface area contributed by atoms with Gasteiger partial charge < -0.3 is 15.0 Å². The fourth-order valence-corrected chi connectivity index (χ4v) is 3.09. The van der Waals surface area contributed by atoms with Crippen molar-refractivity contribution in [2.24, 2.45) is 0 Å². The second-order valence-corrected chi connectivity index (χ2v) is 6.45. The maximum atomic E-state index is 13.2. The Morgan fingerprint density at radius 2 is 1.96 bits per heavy atom. The quantitative estimate of drug-likeness (QED) is 0.554. The summed E-state index contributed by atoms with van der Waals surface area (Å²) >= 11 is 0. The predicted molar refractivity (Wildman–Crippen MR) is 107 cm³/mol. The highest BCUT2D eigenvalue weighted by Crippen LogP contribution is 2.21. The Balaban J connectivity index is 1.68. The third-order valence-corrected chi connectivity index (χ3v) is 4.57. The van der Waals surface area contributed by atoms with Gasteiger partial charge >= 0.3 is 0 Å².